The van der Waals surface area contributed by atoms with Gasteiger partial charge in [-0.1, -0.05) is 11.3 Å². The highest BCUT2D eigenvalue weighted by Crippen LogP contribution is 2.34. The van der Waals surface area contributed by atoms with Crippen molar-refractivity contribution in [3.05, 3.63) is 45.3 Å². The number of ether oxygens (including phenoxy) is 1. The molecule has 3 rings (SSSR count). The van der Waals surface area contributed by atoms with E-state index in [0.29, 0.717) is 18.0 Å². The van der Waals surface area contributed by atoms with E-state index in [2.05, 4.69) is 5.32 Å². The van der Waals surface area contributed by atoms with Crippen LogP contribution in [-0.4, -0.2) is 24.5 Å². The SMILES string of the molecule is CN1C(=O)COc2ccc(NCc3csc([N+](=O)[O-])c3)cc21. The Hall–Kier alpha value is -2.61. The molecule has 0 bridgehead atoms. The van der Waals surface area contributed by atoms with Crippen LogP contribution < -0.4 is 15.0 Å². The Bertz CT molecular complexity index is 743. The van der Waals surface area contributed by atoms with Gasteiger partial charge in [0.25, 0.3) is 5.91 Å². The van der Waals surface area contributed by atoms with Gasteiger partial charge in [-0.2, -0.15) is 0 Å². The van der Waals surface area contributed by atoms with Gasteiger partial charge in [-0.25, -0.2) is 0 Å². The van der Waals surface area contributed by atoms with Gasteiger partial charge in [0, 0.05) is 30.7 Å². The first-order valence-corrected chi connectivity index (χ1v) is 7.41. The maximum Gasteiger partial charge on any atom is 0.324 e. The lowest BCUT2D eigenvalue weighted by atomic mass is 10.2. The molecule has 0 unspecified atom stereocenters. The second-order valence-corrected chi connectivity index (χ2v) is 5.72. The zero-order valence-electron chi connectivity index (χ0n) is 11.7. The Morgan fingerprint density at radius 3 is 3.00 bits per heavy atom. The zero-order valence-corrected chi connectivity index (χ0v) is 12.6. The number of fused-ring (bicyclic) bond motifs is 1. The van der Waals surface area contributed by atoms with E-state index in [9.17, 15) is 14.9 Å². The van der Waals surface area contributed by atoms with E-state index in [0.717, 1.165) is 22.6 Å². The first kappa shape index (κ1) is 14.3. The molecule has 0 fully saturated rings. The molecule has 1 aliphatic heterocycles. The number of thiophene rings is 1. The topological polar surface area (TPSA) is 84.7 Å². The normalized spacial score (nSPS) is 13.5. The molecule has 0 radical (unpaired) electrons. The summed E-state index contributed by atoms with van der Waals surface area (Å²) in [5.74, 6) is 0.567. The molecular formula is C14H13N3O4S. The second-order valence-electron chi connectivity index (χ2n) is 4.83. The van der Waals surface area contributed by atoms with Gasteiger partial charge in [0.05, 0.1) is 10.6 Å². The van der Waals surface area contributed by atoms with E-state index < -0.39 is 4.92 Å². The molecule has 7 nitrogen and oxygen atoms in total. The van der Waals surface area contributed by atoms with Crippen molar-refractivity contribution >= 4 is 33.6 Å². The predicted octanol–water partition coefficient (Wildman–Crippen LogP) is 2.62. The predicted molar refractivity (Wildman–Crippen MR) is 83.6 cm³/mol. The van der Waals surface area contributed by atoms with E-state index in [1.807, 2.05) is 12.1 Å². The smallest absolute Gasteiger partial charge is 0.324 e. The molecule has 0 saturated heterocycles. The molecular weight excluding hydrogens is 306 g/mol. The lowest BCUT2D eigenvalue weighted by Crippen LogP contribution is -2.35. The third-order valence-electron chi connectivity index (χ3n) is 3.36. The first-order chi connectivity index (χ1) is 10.5. The number of nitrogens with one attached hydrogen (secondary N) is 1. The Kier molecular flexibility index (Phi) is 3.68. The third-order valence-corrected chi connectivity index (χ3v) is 4.29. The van der Waals surface area contributed by atoms with Crippen LogP contribution in [0.25, 0.3) is 0 Å². The van der Waals surface area contributed by atoms with Gasteiger partial charge in [-0.3, -0.25) is 14.9 Å². The summed E-state index contributed by atoms with van der Waals surface area (Å²) in [4.78, 5) is 23.4. The molecule has 1 aromatic heterocycles. The second kappa shape index (κ2) is 5.64. The standard InChI is InChI=1S/C14H13N3O4S/c1-16-11-5-10(2-3-12(11)21-7-13(16)18)15-6-9-4-14(17(19)20)22-8-9/h2-5,8,15H,6-7H2,1H3. The summed E-state index contributed by atoms with van der Waals surface area (Å²) in [5, 5.41) is 15.7. The van der Waals surface area contributed by atoms with Crippen molar-refractivity contribution in [3.63, 3.8) is 0 Å². The molecule has 114 valence electrons. The monoisotopic (exact) mass is 319 g/mol. The molecule has 0 saturated carbocycles. The highest BCUT2D eigenvalue weighted by atomic mass is 32.1. The molecule has 0 spiro atoms. The van der Waals surface area contributed by atoms with E-state index in [1.165, 1.54) is 0 Å². The summed E-state index contributed by atoms with van der Waals surface area (Å²) < 4.78 is 5.36. The van der Waals surface area contributed by atoms with E-state index >= 15 is 0 Å². The van der Waals surface area contributed by atoms with E-state index in [4.69, 9.17) is 4.74 Å². The van der Waals surface area contributed by atoms with Gasteiger partial charge in [0.15, 0.2) is 6.61 Å². The number of carbonyl (C=O) groups is 1. The minimum absolute atomic E-state index is 0.0504. The highest BCUT2D eigenvalue weighted by Gasteiger charge is 2.22. The third kappa shape index (κ3) is 2.73. The van der Waals surface area contributed by atoms with Crippen molar-refractivity contribution in [1.29, 1.82) is 0 Å². The summed E-state index contributed by atoms with van der Waals surface area (Å²) in [6.07, 6.45) is 0. The lowest BCUT2D eigenvalue weighted by molar-refractivity contribution is -0.380. The molecule has 22 heavy (non-hydrogen) atoms. The number of likely N-dealkylation sites (N-methyl/N-ethyl adjacent to an activating group) is 1. The number of hydrogen-bond donors (Lipinski definition) is 1. The van der Waals surface area contributed by atoms with Crippen LogP contribution in [0.3, 0.4) is 0 Å². The van der Waals surface area contributed by atoms with Crippen LogP contribution in [0.2, 0.25) is 0 Å². The van der Waals surface area contributed by atoms with E-state index in [1.54, 1.807) is 29.5 Å². The minimum atomic E-state index is -0.398. The Labute approximate surface area is 130 Å². The highest BCUT2D eigenvalue weighted by molar-refractivity contribution is 7.13. The molecule has 0 atom stereocenters. The molecule has 0 aliphatic carbocycles. The van der Waals surface area contributed by atoms with Crippen molar-refractivity contribution in [3.8, 4) is 5.75 Å². The first-order valence-electron chi connectivity index (χ1n) is 6.53. The molecule has 1 N–H and O–H groups in total. The Morgan fingerprint density at radius 2 is 2.27 bits per heavy atom. The number of nitrogens with zero attached hydrogens (tertiary/aromatic N) is 2. The molecule has 2 heterocycles. The maximum atomic E-state index is 11.6. The lowest BCUT2D eigenvalue weighted by Gasteiger charge is -2.26. The van der Waals surface area contributed by atoms with Crippen LogP contribution in [0.15, 0.2) is 29.6 Å². The fourth-order valence-electron chi connectivity index (χ4n) is 2.14. The number of benzene rings is 1. The van der Waals surface area contributed by atoms with Crippen molar-refractivity contribution in [1.82, 2.24) is 0 Å². The van der Waals surface area contributed by atoms with Crippen LogP contribution in [-0.2, 0) is 11.3 Å². The number of hydrogen-bond acceptors (Lipinski definition) is 6. The van der Waals surface area contributed by atoms with Crippen LogP contribution in [0, 0.1) is 10.1 Å². The minimum Gasteiger partial charge on any atom is -0.482 e. The van der Waals surface area contributed by atoms with E-state index in [-0.39, 0.29) is 17.5 Å². The van der Waals surface area contributed by atoms with Gasteiger partial charge >= 0.3 is 5.00 Å². The number of anilines is 2. The van der Waals surface area contributed by atoms with Crippen molar-refractivity contribution in [2.45, 2.75) is 6.54 Å². The van der Waals surface area contributed by atoms with Crippen LogP contribution in [0.4, 0.5) is 16.4 Å². The van der Waals surface area contributed by atoms with Crippen LogP contribution in [0.5, 0.6) is 5.75 Å². The van der Waals surface area contributed by atoms with Gasteiger partial charge in [-0.05, 0) is 23.8 Å². The fourth-order valence-corrected chi connectivity index (χ4v) is 2.87. The average molecular weight is 319 g/mol. The summed E-state index contributed by atoms with van der Waals surface area (Å²) in [6.45, 7) is 0.524. The summed E-state index contributed by atoms with van der Waals surface area (Å²) in [7, 11) is 1.70. The molecule has 1 amide bonds. The average Bonchev–Trinajstić information content (AvgIpc) is 2.98. The van der Waals surface area contributed by atoms with Crippen LogP contribution >= 0.6 is 11.3 Å². The largest absolute Gasteiger partial charge is 0.482 e. The number of amides is 1. The number of carbonyl (C=O) groups excluding carboxylic acids is 1. The van der Waals surface area contributed by atoms with Gasteiger partial charge in [0.1, 0.15) is 5.75 Å². The number of rotatable bonds is 4. The molecule has 1 aliphatic rings. The number of nitro groups is 1. The molecule has 8 heteroatoms. The van der Waals surface area contributed by atoms with Crippen LogP contribution in [0.1, 0.15) is 5.56 Å². The Morgan fingerprint density at radius 1 is 1.45 bits per heavy atom. The maximum absolute atomic E-state index is 11.6. The molecule has 2 aromatic rings. The molecule has 1 aromatic carbocycles. The summed E-state index contributed by atoms with van der Waals surface area (Å²) in [5.41, 5.74) is 2.37. The van der Waals surface area contributed by atoms with Crippen molar-refractivity contribution in [2.75, 3.05) is 23.9 Å². The Balaban J connectivity index is 1.73. The summed E-state index contributed by atoms with van der Waals surface area (Å²) in [6, 6.07) is 7.03. The van der Waals surface area contributed by atoms with Gasteiger partial charge in [-0.15, -0.1) is 0 Å². The van der Waals surface area contributed by atoms with Crippen molar-refractivity contribution in [2.24, 2.45) is 0 Å². The van der Waals surface area contributed by atoms with Crippen molar-refractivity contribution < 1.29 is 14.5 Å². The van der Waals surface area contributed by atoms with Gasteiger partial charge in [0.2, 0.25) is 0 Å². The fraction of sp³-hybridized carbons (Fsp3) is 0.214. The van der Waals surface area contributed by atoms with Gasteiger partial charge < -0.3 is 15.0 Å². The zero-order chi connectivity index (χ0) is 15.7. The quantitative estimate of drug-likeness (QED) is 0.691. The summed E-state index contributed by atoms with van der Waals surface area (Å²) >= 11 is 1.10.